The van der Waals surface area contributed by atoms with Crippen molar-refractivity contribution in [1.82, 2.24) is 9.62 Å². The van der Waals surface area contributed by atoms with Gasteiger partial charge in [-0.1, -0.05) is 29.3 Å². The highest BCUT2D eigenvalue weighted by molar-refractivity contribution is 7.89. The Morgan fingerprint density at radius 2 is 1.86 bits per heavy atom. The van der Waals surface area contributed by atoms with Crippen molar-refractivity contribution in [1.29, 1.82) is 0 Å². The van der Waals surface area contributed by atoms with Crippen LogP contribution in [-0.4, -0.2) is 44.4 Å². The number of nitrogens with zero attached hydrogens (tertiary/aromatic N) is 1. The molecule has 1 saturated heterocycles. The molecule has 0 saturated carbocycles. The summed E-state index contributed by atoms with van der Waals surface area (Å²) >= 11 is 5.84. The van der Waals surface area contributed by atoms with E-state index >= 15 is 0 Å². The van der Waals surface area contributed by atoms with Crippen molar-refractivity contribution in [2.75, 3.05) is 19.7 Å². The third-order valence-corrected chi connectivity index (χ3v) is 6.79. The number of hydrogen-bond donors (Lipinski definition) is 1. The zero-order valence-electron chi connectivity index (χ0n) is 15.6. The largest absolute Gasteiger partial charge is 0.492 e. The number of aryl methyl sites for hydroxylation is 1. The van der Waals surface area contributed by atoms with Gasteiger partial charge in [0.05, 0.1) is 11.4 Å². The van der Waals surface area contributed by atoms with Gasteiger partial charge in [0.2, 0.25) is 15.9 Å². The third kappa shape index (κ3) is 4.84. The Balaban J connectivity index is 1.56. The monoisotopic (exact) mass is 422 g/mol. The van der Waals surface area contributed by atoms with Gasteiger partial charge in [0.25, 0.3) is 0 Å². The Labute approximate surface area is 170 Å². The van der Waals surface area contributed by atoms with Crippen molar-refractivity contribution in [2.24, 2.45) is 0 Å². The Bertz CT molecular complexity index is 914. The predicted molar refractivity (Wildman–Crippen MR) is 108 cm³/mol. The Morgan fingerprint density at radius 1 is 1.18 bits per heavy atom. The number of amides is 1. The SMILES string of the molecule is Cc1ccc(OCCNC(=O)C2CCCN2S(=O)(=O)c2ccc(Cl)cc2)cc1. The molecule has 6 nitrogen and oxygen atoms in total. The van der Waals surface area contributed by atoms with Gasteiger partial charge in [-0.05, 0) is 56.2 Å². The first-order valence-electron chi connectivity index (χ1n) is 9.12. The minimum Gasteiger partial charge on any atom is -0.492 e. The lowest BCUT2D eigenvalue weighted by Gasteiger charge is -2.23. The van der Waals surface area contributed by atoms with Gasteiger partial charge in [0.1, 0.15) is 18.4 Å². The van der Waals surface area contributed by atoms with Crippen LogP contribution in [0, 0.1) is 6.92 Å². The quantitative estimate of drug-likeness (QED) is 0.696. The molecule has 0 radical (unpaired) electrons. The molecule has 0 aromatic heterocycles. The molecule has 1 aliphatic heterocycles. The molecule has 1 fully saturated rings. The maximum atomic E-state index is 12.9. The molecule has 0 spiro atoms. The highest BCUT2D eigenvalue weighted by atomic mass is 35.5. The topological polar surface area (TPSA) is 75.7 Å². The fourth-order valence-corrected chi connectivity index (χ4v) is 4.91. The van der Waals surface area contributed by atoms with Crippen LogP contribution in [0.2, 0.25) is 5.02 Å². The molecule has 0 bridgehead atoms. The molecule has 1 heterocycles. The smallest absolute Gasteiger partial charge is 0.243 e. The molecule has 1 unspecified atom stereocenters. The summed E-state index contributed by atoms with van der Waals surface area (Å²) < 4.78 is 32.6. The second kappa shape index (κ2) is 8.94. The van der Waals surface area contributed by atoms with Gasteiger partial charge in [-0.25, -0.2) is 8.42 Å². The van der Waals surface area contributed by atoms with Crippen molar-refractivity contribution >= 4 is 27.5 Å². The van der Waals surface area contributed by atoms with E-state index in [9.17, 15) is 13.2 Å². The van der Waals surface area contributed by atoms with Crippen LogP contribution in [0.15, 0.2) is 53.4 Å². The zero-order valence-corrected chi connectivity index (χ0v) is 17.2. The zero-order chi connectivity index (χ0) is 20.1. The highest BCUT2D eigenvalue weighted by Gasteiger charge is 2.39. The number of nitrogens with one attached hydrogen (secondary N) is 1. The van der Waals surface area contributed by atoms with Gasteiger partial charge < -0.3 is 10.1 Å². The van der Waals surface area contributed by atoms with Crippen molar-refractivity contribution in [3.8, 4) is 5.75 Å². The van der Waals surface area contributed by atoms with Crippen LogP contribution in [0.5, 0.6) is 5.75 Å². The van der Waals surface area contributed by atoms with E-state index in [0.717, 1.165) is 11.3 Å². The summed E-state index contributed by atoms with van der Waals surface area (Å²) in [4.78, 5) is 12.7. The average molecular weight is 423 g/mol. The van der Waals surface area contributed by atoms with E-state index in [4.69, 9.17) is 16.3 Å². The minimum absolute atomic E-state index is 0.138. The van der Waals surface area contributed by atoms with E-state index in [-0.39, 0.29) is 10.8 Å². The predicted octanol–water partition coefficient (Wildman–Crippen LogP) is 3.00. The molecule has 8 heteroatoms. The lowest BCUT2D eigenvalue weighted by atomic mass is 10.2. The minimum atomic E-state index is -3.74. The standard InChI is InChI=1S/C20H23ClN2O4S/c1-15-4-8-17(9-5-15)27-14-12-22-20(24)19-3-2-13-23(19)28(25,26)18-10-6-16(21)7-11-18/h4-11,19H,2-3,12-14H2,1H3,(H,22,24). The Morgan fingerprint density at radius 3 is 2.54 bits per heavy atom. The van der Waals surface area contributed by atoms with Gasteiger partial charge in [-0.3, -0.25) is 4.79 Å². The van der Waals surface area contributed by atoms with E-state index in [2.05, 4.69) is 5.32 Å². The molecular formula is C20H23ClN2O4S. The number of carbonyl (C=O) groups excluding carboxylic acids is 1. The highest BCUT2D eigenvalue weighted by Crippen LogP contribution is 2.27. The van der Waals surface area contributed by atoms with E-state index in [1.54, 1.807) is 0 Å². The van der Waals surface area contributed by atoms with Crippen molar-refractivity contribution in [2.45, 2.75) is 30.7 Å². The summed E-state index contributed by atoms with van der Waals surface area (Å²) in [6.45, 7) is 2.93. The lowest BCUT2D eigenvalue weighted by molar-refractivity contribution is -0.124. The van der Waals surface area contributed by atoms with E-state index in [1.165, 1.54) is 28.6 Å². The molecule has 1 N–H and O–H groups in total. The lowest BCUT2D eigenvalue weighted by Crippen LogP contribution is -2.46. The van der Waals surface area contributed by atoms with Crippen molar-refractivity contribution in [3.63, 3.8) is 0 Å². The van der Waals surface area contributed by atoms with Gasteiger partial charge in [-0.15, -0.1) is 0 Å². The maximum absolute atomic E-state index is 12.9. The summed E-state index contributed by atoms with van der Waals surface area (Å²) in [5.41, 5.74) is 1.14. The Kier molecular flexibility index (Phi) is 6.59. The second-order valence-electron chi connectivity index (χ2n) is 6.68. The van der Waals surface area contributed by atoms with E-state index < -0.39 is 16.1 Å². The number of sulfonamides is 1. The van der Waals surface area contributed by atoms with Crippen molar-refractivity contribution < 1.29 is 17.9 Å². The molecular weight excluding hydrogens is 400 g/mol. The van der Waals surface area contributed by atoms with Gasteiger partial charge in [0, 0.05) is 11.6 Å². The molecule has 3 rings (SSSR count). The van der Waals surface area contributed by atoms with Gasteiger partial charge in [0.15, 0.2) is 0 Å². The molecule has 1 amide bonds. The number of benzene rings is 2. The van der Waals surface area contributed by atoms with Crippen LogP contribution in [-0.2, 0) is 14.8 Å². The van der Waals surface area contributed by atoms with Crippen molar-refractivity contribution in [3.05, 3.63) is 59.1 Å². The number of hydrogen-bond acceptors (Lipinski definition) is 4. The van der Waals surface area contributed by atoms with E-state index in [0.29, 0.717) is 37.6 Å². The molecule has 2 aromatic carbocycles. The fourth-order valence-electron chi connectivity index (χ4n) is 3.13. The van der Waals surface area contributed by atoms with Crippen LogP contribution in [0.4, 0.5) is 0 Å². The molecule has 2 aromatic rings. The molecule has 1 atom stereocenters. The molecule has 28 heavy (non-hydrogen) atoms. The number of ether oxygens (including phenoxy) is 1. The first-order chi connectivity index (χ1) is 13.4. The maximum Gasteiger partial charge on any atom is 0.243 e. The van der Waals surface area contributed by atoms with E-state index in [1.807, 2.05) is 31.2 Å². The van der Waals surface area contributed by atoms with Crippen LogP contribution >= 0.6 is 11.6 Å². The Hall–Kier alpha value is -2.09. The molecule has 150 valence electrons. The summed E-state index contributed by atoms with van der Waals surface area (Å²) in [7, 11) is -3.74. The first kappa shape index (κ1) is 20.6. The summed E-state index contributed by atoms with van der Waals surface area (Å²) in [5, 5.41) is 3.24. The second-order valence-corrected chi connectivity index (χ2v) is 9.01. The van der Waals surface area contributed by atoms with Gasteiger partial charge >= 0.3 is 0 Å². The van der Waals surface area contributed by atoms with Crippen LogP contribution in [0.25, 0.3) is 0 Å². The number of carbonyl (C=O) groups is 1. The summed E-state index contributed by atoms with van der Waals surface area (Å²) in [6, 6.07) is 12.9. The number of rotatable bonds is 7. The summed E-state index contributed by atoms with van der Waals surface area (Å²) in [5.74, 6) is 0.426. The van der Waals surface area contributed by atoms with Gasteiger partial charge in [-0.2, -0.15) is 4.31 Å². The summed E-state index contributed by atoms with van der Waals surface area (Å²) in [6.07, 6.45) is 1.14. The van der Waals surface area contributed by atoms with Crippen LogP contribution in [0.3, 0.4) is 0 Å². The third-order valence-electron chi connectivity index (χ3n) is 4.62. The van der Waals surface area contributed by atoms with Crippen LogP contribution < -0.4 is 10.1 Å². The molecule has 0 aliphatic carbocycles. The first-order valence-corrected chi connectivity index (χ1v) is 10.9. The van der Waals surface area contributed by atoms with Crippen LogP contribution in [0.1, 0.15) is 18.4 Å². The fraction of sp³-hybridized carbons (Fsp3) is 0.350. The average Bonchev–Trinajstić information content (AvgIpc) is 3.18. The normalized spacial score (nSPS) is 17.4. The number of halogens is 1. The molecule has 1 aliphatic rings.